The van der Waals surface area contributed by atoms with Gasteiger partial charge in [-0.15, -0.1) is 0 Å². The predicted octanol–water partition coefficient (Wildman–Crippen LogP) is 1.01. The van der Waals surface area contributed by atoms with Crippen molar-refractivity contribution in [1.29, 1.82) is 0 Å². The third kappa shape index (κ3) is 3.35. The lowest BCUT2D eigenvalue weighted by atomic mass is 10.1. The van der Waals surface area contributed by atoms with E-state index in [1.807, 2.05) is 11.9 Å². The first-order valence-corrected chi connectivity index (χ1v) is 6.62. The first-order valence-electron chi connectivity index (χ1n) is 6.62. The molecule has 4 heteroatoms. The van der Waals surface area contributed by atoms with E-state index in [0.717, 1.165) is 13.0 Å². The average molecular weight is 262 g/mol. The van der Waals surface area contributed by atoms with Crippen molar-refractivity contribution in [2.24, 2.45) is 7.05 Å². The second-order valence-corrected chi connectivity index (χ2v) is 5.13. The van der Waals surface area contributed by atoms with Crippen molar-refractivity contribution in [3.05, 3.63) is 36.0 Å². The van der Waals surface area contributed by atoms with Crippen LogP contribution in [0.2, 0.25) is 0 Å². The minimum atomic E-state index is -0.655. The first kappa shape index (κ1) is 14.1. The van der Waals surface area contributed by atoms with Gasteiger partial charge in [-0.25, -0.2) is 0 Å². The van der Waals surface area contributed by atoms with Crippen LogP contribution in [-0.4, -0.2) is 52.5 Å². The third-order valence-corrected chi connectivity index (χ3v) is 3.48. The largest absolute Gasteiger partial charge is 0.394 e. The van der Waals surface area contributed by atoms with Crippen LogP contribution < -0.4 is 0 Å². The molecule has 0 spiro atoms. The molecular weight excluding hydrogens is 240 g/mol. The summed E-state index contributed by atoms with van der Waals surface area (Å²) < 4.78 is 2.15. The van der Waals surface area contributed by atoms with Crippen molar-refractivity contribution in [1.82, 2.24) is 9.47 Å². The average Bonchev–Trinajstić information content (AvgIpc) is 2.74. The molecule has 1 aromatic heterocycles. The van der Waals surface area contributed by atoms with Gasteiger partial charge in [-0.05, 0) is 25.1 Å². The highest BCUT2D eigenvalue weighted by atomic mass is 16.3. The molecule has 0 amide bonds. The molecule has 1 aromatic carbocycles. The van der Waals surface area contributed by atoms with Gasteiger partial charge in [0, 0.05) is 37.2 Å². The summed E-state index contributed by atoms with van der Waals surface area (Å²) in [5, 5.41) is 19.5. The number of fused-ring (bicyclic) bond motifs is 1. The lowest BCUT2D eigenvalue weighted by molar-refractivity contribution is 0.0669. The molecule has 2 rings (SSSR count). The van der Waals surface area contributed by atoms with E-state index in [4.69, 9.17) is 5.11 Å². The number of aliphatic hydroxyl groups is 2. The number of para-hydroxylation sites is 1. The number of aryl methyl sites for hydroxylation is 1. The second kappa shape index (κ2) is 6.19. The summed E-state index contributed by atoms with van der Waals surface area (Å²) in [6.45, 7) is 1.19. The Kier molecular flexibility index (Phi) is 4.58. The van der Waals surface area contributed by atoms with E-state index >= 15 is 0 Å². The van der Waals surface area contributed by atoms with Crippen LogP contribution in [0.15, 0.2) is 30.5 Å². The Morgan fingerprint density at radius 1 is 1.32 bits per heavy atom. The van der Waals surface area contributed by atoms with E-state index < -0.39 is 6.10 Å². The molecule has 104 valence electrons. The molecule has 0 bridgehead atoms. The Labute approximate surface area is 113 Å². The van der Waals surface area contributed by atoms with Gasteiger partial charge in [0.05, 0.1) is 12.7 Å². The van der Waals surface area contributed by atoms with Crippen LogP contribution in [-0.2, 0) is 13.5 Å². The number of hydrogen-bond acceptors (Lipinski definition) is 3. The van der Waals surface area contributed by atoms with E-state index in [1.54, 1.807) is 0 Å². The predicted molar refractivity (Wildman–Crippen MR) is 77.2 cm³/mol. The minimum Gasteiger partial charge on any atom is -0.394 e. The van der Waals surface area contributed by atoms with Gasteiger partial charge in [0.1, 0.15) is 0 Å². The number of aromatic nitrogens is 1. The molecule has 1 atom stereocenters. The summed E-state index contributed by atoms with van der Waals surface area (Å²) in [5.41, 5.74) is 2.57. The molecular formula is C15H22N2O2. The van der Waals surface area contributed by atoms with Gasteiger partial charge in [-0.2, -0.15) is 0 Å². The maximum absolute atomic E-state index is 9.41. The van der Waals surface area contributed by atoms with E-state index in [9.17, 15) is 5.11 Å². The highest BCUT2D eigenvalue weighted by molar-refractivity contribution is 5.83. The lowest BCUT2D eigenvalue weighted by Crippen LogP contribution is -2.32. The number of rotatable bonds is 6. The third-order valence-electron chi connectivity index (χ3n) is 3.48. The van der Waals surface area contributed by atoms with Gasteiger partial charge in [0.2, 0.25) is 0 Å². The zero-order chi connectivity index (χ0) is 13.8. The zero-order valence-corrected chi connectivity index (χ0v) is 11.6. The highest BCUT2D eigenvalue weighted by Gasteiger charge is 2.09. The molecule has 1 heterocycles. The van der Waals surface area contributed by atoms with Gasteiger partial charge in [0.15, 0.2) is 0 Å². The second-order valence-electron chi connectivity index (χ2n) is 5.13. The number of aliphatic hydroxyl groups excluding tert-OH is 2. The molecule has 0 fully saturated rings. The summed E-state index contributed by atoms with van der Waals surface area (Å²) in [6.07, 6.45) is 2.45. The van der Waals surface area contributed by atoms with Gasteiger partial charge in [-0.3, -0.25) is 0 Å². The molecule has 0 radical (unpaired) electrons. The summed E-state index contributed by atoms with van der Waals surface area (Å²) in [6, 6.07) is 8.38. The molecule has 2 N–H and O–H groups in total. The Bertz CT molecular complexity index is 536. The Morgan fingerprint density at radius 2 is 2.05 bits per heavy atom. The fourth-order valence-electron chi connectivity index (χ4n) is 2.44. The molecule has 0 saturated heterocycles. The monoisotopic (exact) mass is 262 g/mol. The van der Waals surface area contributed by atoms with Crippen molar-refractivity contribution in [2.75, 3.05) is 26.7 Å². The SMILES string of the molecule is CN(CCc1cn(C)c2ccccc12)CC(O)CO. The lowest BCUT2D eigenvalue weighted by Gasteiger charge is -2.18. The van der Waals surface area contributed by atoms with E-state index in [-0.39, 0.29) is 6.61 Å². The van der Waals surface area contributed by atoms with Crippen LogP contribution in [0, 0.1) is 0 Å². The number of hydrogen-bond donors (Lipinski definition) is 2. The van der Waals surface area contributed by atoms with Crippen molar-refractivity contribution >= 4 is 10.9 Å². The summed E-state index contributed by atoms with van der Waals surface area (Å²) in [7, 11) is 4.02. The molecule has 0 saturated carbocycles. The fourth-order valence-corrected chi connectivity index (χ4v) is 2.44. The highest BCUT2D eigenvalue weighted by Crippen LogP contribution is 2.20. The van der Waals surface area contributed by atoms with Crippen LogP contribution in [0.3, 0.4) is 0 Å². The quantitative estimate of drug-likeness (QED) is 0.817. The van der Waals surface area contributed by atoms with E-state index in [2.05, 4.69) is 42.1 Å². The standard InChI is InChI=1S/C15H22N2O2/c1-16(10-13(19)11-18)8-7-12-9-17(2)15-6-4-3-5-14(12)15/h3-6,9,13,18-19H,7-8,10-11H2,1-2H3. The van der Waals surface area contributed by atoms with Gasteiger partial charge < -0.3 is 19.7 Å². The first-order chi connectivity index (χ1) is 9.11. The van der Waals surface area contributed by atoms with Crippen molar-refractivity contribution in [3.63, 3.8) is 0 Å². The number of likely N-dealkylation sites (N-methyl/N-ethyl adjacent to an activating group) is 1. The van der Waals surface area contributed by atoms with Crippen LogP contribution >= 0.6 is 0 Å². The van der Waals surface area contributed by atoms with Crippen LogP contribution in [0.4, 0.5) is 0 Å². The molecule has 19 heavy (non-hydrogen) atoms. The van der Waals surface area contributed by atoms with Gasteiger partial charge in [-0.1, -0.05) is 18.2 Å². The fraction of sp³-hybridized carbons (Fsp3) is 0.467. The Morgan fingerprint density at radius 3 is 2.79 bits per heavy atom. The molecule has 0 aliphatic heterocycles. The van der Waals surface area contributed by atoms with Crippen LogP contribution in [0.5, 0.6) is 0 Å². The zero-order valence-electron chi connectivity index (χ0n) is 11.6. The molecule has 1 unspecified atom stereocenters. The minimum absolute atomic E-state index is 0.182. The van der Waals surface area contributed by atoms with Crippen LogP contribution in [0.25, 0.3) is 10.9 Å². The van der Waals surface area contributed by atoms with Crippen molar-refractivity contribution in [2.45, 2.75) is 12.5 Å². The van der Waals surface area contributed by atoms with Crippen molar-refractivity contribution in [3.8, 4) is 0 Å². The maximum atomic E-state index is 9.41. The Balaban J connectivity index is 2.02. The van der Waals surface area contributed by atoms with Gasteiger partial charge >= 0.3 is 0 Å². The molecule has 0 aliphatic carbocycles. The Hall–Kier alpha value is -1.36. The molecule has 4 nitrogen and oxygen atoms in total. The van der Waals surface area contributed by atoms with Crippen molar-refractivity contribution < 1.29 is 10.2 Å². The topological polar surface area (TPSA) is 48.6 Å². The number of nitrogens with zero attached hydrogens (tertiary/aromatic N) is 2. The normalized spacial score (nSPS) is 13.3. The summed E-state index contributed by atoms with van der Waals surface area (Å²) >= 11 is 0. The summed E-state index contributed by atoms with van der Waals surface area (Å²) in [4.78, 5) is 2.04. The molecule has 0 aliphatic rings. The number of benzene rings is 1. The smallest absolute Gasteiger partial charge is 0.0897 e. The van der Waals surface area contributed by atoms with E-state index in [1.165, 1.54) is 16.5 Å². The summed E-state index contributed by atoms with van der Waals surface area (Å²) in [5.74, 6) is 0. The van der Waals surface area contributed by atoms with E-state index in [0.29, 0.717) is 6.54 Å². The molecule has 2 aromatic rings. The van der Waals surface area contributed by atoms with Crippen LogP contribution in [0.1, 0.15) is 5.56 Å². The van der Waals surface area contributed by atoms with Gasteiger partial charge in [0.25, 0.3) is 0 Å². The maximum Gasteiger partial charge on any atom is 0.0897 e.